The molecule has 0 spiro atoms. The Morgan fingerprint density at radius 2 is 0.791 bits per heavy atom. The second kappa shape index (κ2) is 11.4. The van der Waals surface area contributed by atoms with Crippen LogP contribution in [0, 0.1) is 0 Å². The third-order valence-electron chi connectivity index (χ3n) is 8.00. The van der Waals surface area contributed by atoms with E-state index in [4.69, 9.17) is 9.47 Å². The number of halogens is 2. The molecular weight excluding hydrogens is 662 g/mol. The van der Waals surface area contributed by atoms with E-state index in [-0.39, 0.29) is 0 Å². The zero-order chi connectivity index (χ0) is 29.5. The predicted molar refractivity (Wildman–Crippen MR) is 186 cm³/mol. The highest BCUT2D eigenvalue weighted by atomic mass is 79.9. The van der Waals surface area contributed by atoms with Gasteiger partial charge in [0.2, 0.25) is 0 Å². The SMILES string of the molecule is COc1ccc(-c2ccccc2-c2cc(Br)c3[nH]c4c(Br)cc(-c5ccccc5-c5ccc(OC)cc5)cc4c3c2)cc1. The molecule has 5 heteroatoms. The Morgan fingerprint density at radius 3 is 1.14 bits per heavy atom. The fourth-order valence-corrected chi connectivity index (χ4v) is 6.96. The first-order valence-electron chi connectivity index (χ1n) is 14.0. The van der Waals surface area contributed by atoms with E-state index < -0.39 is 0 Å². The van der Waals surface area contributed by atoms with Crippen molar-refractivity contribution in [3.63, 3.8) is 0 Å². The predicted octanol–water partition coefficient (Wildman–Crippen LogP) is 11.5. The van der Waals surface area contributed by atoms with Crippen molar-refractivity contribution in [3.8, 4) is 56.0 Å². The molecule has 1 aromatic heterocycles. The van der Waals surface area contributed by atoms with Crippen molar-refractivity contribution >= 4 is 53.7 Å². The summed E-state index contributed by atoms with van der Waals surface area (Å²) in [5, 5.41) is 2.32. The van der Waals surface area contributed by atoms with Crippen LogP contribution >= 0.6 is 31.9 Å². The van der Waals surface area contributed by atoms with E-state index in [2.05, 4.69) is 134 Å². The van der Waals surface area contributed by atoms with Crippen molar-refractivity contribution in [2.75, 3.05) is 14.2 Å². The van der Waals surface area contributed by atoms with Crippen molar-refractivity contribution < 1.29 is 9.47 Å². The first kappa shape index (κ1) is 27.5. The molecule has 0 aliphatic heterocycles. The van der Waals surface area contributed by atoms with Crippen molar-refractivity contribution in [2.24, 2.45) is 0 Å². The van der Waals surface area contributed by atoms with Crippen LogP contribution in [-0.4, -0.2) is 19.2 Å². The molecule has 0 saturated heterocycles. The van der Waals surface area contributed by atoms with Gasteiger partial charge in [0, 0.05) is 19.7 Å². The third kappa shape index (κ3) is 5.03. The first-order valence-corrected chi connectivity index (χ1v) is 15.5. The number of aromatic nitrogens is 1. The minimum Gasteiger partial charge on any atom is -0.497 e. The number of hydrogen-bond acceptors (Lipinski definition) is 2. The maximum atomic E-state index is 5.39. The molecule has 0 radical (unpaired) electrons. The summed E-state index contributed by atoms with van der Waals surface area (Å²) >= 11 is 7.78. The topological polar surface area (TPSA) is 34.2 Å². The van der Waals surface area contributed by atoms with Crippen molar-refractivity contribution in [3.05, 3.63) is 130 Å². The highest BCUT2D eigenvalue weighted by molar-refractivity contribution is 9.11. The Morgan fingerprint density at radius 1 is 0.442 bits per heavy atom. The monoisotopic (exact) mass is 687 g/mol. The highest BCUT2D eigenvalue weighted by Gasteiger charge is 2.17. The Labute approximate surface area is 267 Å². The van der Waals surface area contributed by atoms with Gasteiger partial charge in [0.05, 0.1) is 25.3 Å². The minimum atomic E-state index is 0.846. The smallest absolute Gasteiger partial charge is 0.118 e. The zero-order valence-electron chi connectivity index (χ0n) is 23.6. The third-order valence-corrected chi connectivity index (χ3v) is 9.25. The molecule has 0 unspecified atom stereocenters. The molecule has 0 fully saturated rings. The van der Waals surface area contributed by atoms with Crippen LogP contribution in [0.25, 0.3) is 66.3 Å². The Kier molecular flexibility index (Phi) is 7.29. The fraction of sp³-hybridized carbons (Fsp3) is 0.0526. The lowest BCUT2D eigenvalue weighted by atomic mass is 9.92. The quantitative estimate of drug-likeness (QED) is 0.189. The lowest BCUT2D eigenvalue weighted by Gasteiger charge is -2.13. The second-order valence-electron chi connectivity index (χ2n) is 10.4. The lowest BCUT2D eigenvalue weighted by Crippen LogP contribution is -1.87. The van der Waals surface area contributed by atoms with Crippen LogP contribution in [0.5, 0.6) is 11.5 Å². The number of benzene rings is 6. The molecule has 0 aliphatic rings. The van der Waals surface area contributed by atoms with Crippen LogP contribution in [0.1, 0.15) is 0 Å². The van der Waals surface area contributed by atoms with E-state index in [0.29, 0.717) is 0 Å². The van der Waals surface area contributed by atoms with Gasteiger partial charge in [0.15, 0.2) is 0 Å². The lowest BCUT2D eigenvalue weighted by molar-refractivity contribution is 0.415. The zero-order valence-corrected chi connectivity index (χ0v) is 26.8. The average Bonchev–Trinajstić information content (AvgIpc) is 3.45. The molecule has 0 atom stereocenters. The molecular formula is C38H27Br2NO2. The summed E-state index contributed by atoms with van der Waals surface area (Å²) in [4.78, 5) is 3.67. The van der Waals surface area contributed by atoms with E-state index in [1.165, 1.54) is 22.3 Å². The van der Waals surface area contributed by atoms with Crippen LogP contribution in [-0.2, 0) is 0 Å². The summed E-state index contributed by atoms with van der Waals surface area (Å²) in [7, 11) is 3.39. The summed E-state index contributed by atoms with van der Waals surface area (Å²) < 4.78 is 12.8. The number of H-pyrrole nitrogens is 1. The summed E-state index contributed by atoms with van der Waals surface area (Å²) in [5.74, 6) is 1.69. The van der Waals surface area contributed by atoms with Crippen molar-refractivity contribution in [1.82, 2.24) is 4.98 Å². The first-order chi connectivity index (χ1) is 21.0. The number of fused-ring (bicyclic) bond motifs is 3. The van der Waals surface area contributed by atoms with Gasteiger partial charge in [0.1, 0.15) is 11.5 Å². The number of rotatable bonds is 6. The fourth-order valence-electron chi connectivity index (χ4n) is 5.84. The van der Waals surface area contributed by atoms with E-state index in [1.807, 2.05) is 24.3 Å². The summed E-state index contributed by atoms with van der Waals surface area (Å²) in [6.07, 6.45) is 0. The molecule has 0 bridgehead atoms. The number of aromatic amines is 1. The maximum absolute atomic E-state index is 5.39. The molecule has 1 N–H and O–H groups in total. The molecule has 0 saturated carbocycles. The van der Waals surface area contributed by atoms with Crippen molar-refractivity contribution in [1.29, 1.82) is 0 Å². The largest absolute Gasteiger partial charge is 0.497 e. The van der Waals surface area contributed by atoms with Gasteiger partial charge in [-0.25, -0.2) is 0 Å². The summed E-state index contributed by atoms with van der Waals surface area (Å²) in [6.45, 7) is 0. The van der Waals surface area contributed by atoms with Gasteiger partial charge in [-0.3, -0.25) is 0 Å². The number of hydrogen-bond donors (Lipinski definition) is 1. The van der Waals surface area contributed by atoms with Gasteiger partial charge >= 0.3 is 0 Å². The summed E-state index contributed by atoms with van der Waals surface area (Å²) in [6, 6.07) is 42.6. The molecule has 210 valence electrons. The molecule has 0 aliphatic carbocycles. The van der Waals surface area contributed by atoms with E-state index >= 15 is 0 Å². The average molecular weight is 689 g/mol. The van der Waals surface area contributed by atoms with Gasteiger partial charge in [-0.1, -0.05) is 72.8 Å². The Balaban J connectivity index is 1.40. The van der Waals surface area contributed by atoms with Gasteiger partial charge in [-0.05, 0) is 125 Å². The number of nitrogens with one attached hydrogen (secondary N) is 1. The van der Waals surface area contributed by atoms with Gasteiger partial charge in [0.25, 0.3) is 0 Å². The van der Waals surface area contributed by atoms with Crippen LogP contribution in [0.4, 0.5) is 0 Å². The van der Waals surface area contributed by atoms with E-state index in [1.54, 1.807) is 14.2 Å². The van der Waals surface area contributed by atoms with Crippen LogP contribution < -0.4 is 9.47 Å². The van der Waals surface area contributed by atoms with E-state index in [0.717, 1.165) is 64.5 Å². The summed E-state index contributed by atoms with van der Waals surface area (Å²) in [5.41, 5.74) is 11.4. The Bertz CT molecular complexity index is 1960. The standard InChI is InChI=1S/C38H27Br2NO2/c1-42-27-15-11-23(12-16-27)29-7-3-5-9-31(29)25-19-33-34-20-26(22-36(40)38(34)41-37(33)35(39)21-25)32-10-6-4-8-30(32)24-13-17-28(43-2)18-14-24/h3-22,41H,1-2H3. The Hall–Kier alpha value is -4.32. The minimum absolute atomic E-state index is 0.846. The molecule has 0 amide bonds. The normalized spacial score (nSPS) is 11.3. The molecule has 43 heavy (non-hydrogen) atoms. The van der Waals surface area contributed by atoms with Crippen molar-refractivity contribution in [2.45, 2.75) is 0 Å². The second-order valence-corrected chi connectivity index (χ2v) is 12.1. The molecule has 7 aromatic rings. The molecule has 1 heterocycles. The van der Waals surface area contributed by atoms with Crippen LogP contribution in [0.15, 0.2) is 130 Å². The van der Waals surface area contributed by atoms with Gasteiger partial charge in [-0.2, -0.15) is 0 Å². The maximum Gasteiger partial charge on any atom is 0.118 e. The molecule has 3 nitrogen and oxygen atoms in total. The molecule has 7 rings (SSSR count). The number of methoxy groups -OCH3 is 2. The van der Waals surface area contributed by atoms with E-state index in [9.17, 15) is 0 Å². The van der Waals surface area contributed by atoms with Crippen LogP contribution in [0.2, 0.25) is 0 Å². The van der Waals surface area contributed by atoms with Gasteiger partial charge in [-0.15, -0.1) is 0 Å². The molecule has 6 aromatic carbocycles. The van der Waals surface area contributed by atoms with Crippen LogP contribution in [0.3, 0.4) is 0 Å². The van der Waals surface area contributed by atoms with Gasteiger partial charge < -0.3 is 14.5 Å². The number of ether oxygens (including phenoxy) is 2. The highest BCUT2D eigenvalue weighted by Crippen LogP contribution is 2.43.